The van der Waals surface area contributed by atoms with Crippen molar-refractivity contribution in [2.45, 2.75) is 193 Å². The molecule has 3 rings (SSSR count). The SMILES string of the molecule is C1=C\CCCCCCP2CCCCCC/C=C\CCCCCCP(CCCCCC/1)CCCCCC/C=C/CCCCCC2. The summed E-state index contributed by atoms with van der Waals surface area (Å²) < 4.78 is 0. The summed E-state index contributed by atoms with van der Waals surface area (Å²) in [6.07, 6.45) is 67.6. The third-order valence-corrected chi connectivity index (χ3v) is 15.8. The van der Waals surface area contributed by atoms with Crippen LogP contribution in [0.25, 0.3) is 0 Å². The molecular formula is C42H78P2. The van der Waals surface area contributed by atoms with Gasteiger partial charge in [0.1, 0.15) is 0 Å². The van der Waals surface area contributed by atoms with E-state index < -0.39 is 0 Å². The first-order valence-electron chi connectivity index (χ1n) is 20.3. The largest absolute Gasteiger partial charge is 0.107 e. The zero-order valence-corrected chi connectivity index (χ0v) is 31.6. The Bertz CT molecular complexity index is 520. The first kappa shape index (κ1) is 40.3. The molecule has 0 aromatic heterocycles. The molecule has 44 heavy (non-hydrogen) atoms. The van der Waals surface area contributed by atoms with Crippen molar-refractivity contribution < 1.29 is 0 Å². The van der Waals surface area contributed by atoms with E-state index in [-0.39, 0.29) is 0 Å². The predicted octanol–water partition coefficient (Wildman–Crippen LogP) is 15.3. The zero-order valence-electron chi connectivity index (χ0n) is 29.8. The molecule has 256 valence electrons. The molecule has 0 atom stereocenters. The quantitative estimate of drug-likeness (QED) is 0.182. The first-order chi connectivity index (χ1) is 21.9. The summed E-state index contributed by atoms with van der Waals surface area (Å²) in [6, 6.07) is 0. The summed E-state index contributed by atoms with van der Waals surface area (Å²) in [5, 5.41) is 0. The van der Waals surface area contributed by atoms with Crippen molar-refractivity contribution in [1.29, 1.82) is 0 Å². The summed E-state index contributed by atoms with van der Waals surface area (Å²) in [7, 11) is 0.581. The van der Waals surface area contributed by atoms with E-state index in [1.54, 1.807) is 37.0 Å². The Labute approximate surface area is 281 Å². The van der Waals surface area contributed by atoms with Crippen LogP contribution in [0.2, 0.25) is 0 Å². The molecule has 0 aliphatic carbocycles. The Morgan fingerprint density at radius 1 is 0.182 bits per heavy atom. The maximum atomic E-state index is 2.51. The van der Waals surface area contributed by atoms with Crippen LogP contribution in [-0.4, -0.2) is 37.0 Å². The van der Waals surface area contributed by atoms with Crippen molar-refractivity contribution in [3.8, 4) is 0 Å². The van der Waals surface area contributed by atoms with Crippen molar-refractivity contribution in [1.82, 2.24) is 0 Å². The van der Waals surface area contributed by atoms with Crippen LogP contribution in [0.3, 0.4) is 0 Å². The maximum absolute atomic E-state index is 2.51. The van der Waals surface area contributed by atoms with Crippen molar-refractivity contribution in [2.24, 2.45) is 0 Å². The average Bonchev–Trinajstić information content (AvgIpc) is 3.03. The van der Waals surface area contributed by atoms with Crippen LogP contribution in [0.4, 0.5) is 0 Å². The standard InChI is InChI=1S/C42H78P2/c1-2-8-14-20-26-32-38-44-41-35-29-23-17-11-5-3-9-15-21-27-33-39-43(37-31-25-19-13-7-1)40-34-28-22-16-10-4-6-12-18-24-30-36-42-44/h1-6H,7-42H2/b2-1-,5-3-,6-4+. The Balaban J connectivity index is 1.90. The van der Waals surface area contributed by atoms with E-state index in [0.29, 0.717) is 15.8 Å². The Hall–Kier alpha value is 0.0800. The molecule has 0 nitrogen and oxygen atoms in total. The highest BCUT2D eigenvalue weighted by molar-refractivity contribution is 7.57. The lowest BCUT2D eigenvalue weighted by Gasteiger charge is -2.18. The van der Waals surface area contributed by atoms with Gasteiger partial charge in [-0.05, 0) is 153 Å². The van der Waals surface area contributed by atoms with Gasteiger partial charge in [0.05, 0.1) is 0 Å². The van der Waals surface area contributed by atoms with Gasteiger partial charge >= 0.3 is 0 Å². The lowest BCUT2D eigenvalue weighted by atomic mass is 10.1. The zero-order chi connectivity index (χ0) is 30.9. The number of rotatable bonds is 0. The summed E-state index contributed by atoms with van der Waals surface area (Å²) in [6.45, 7) is 0. The maximum Gasteiger partial charge on any atom is -0.0326 e. The van der Waals surface area contributed by atoms with Crippen LogP contribution in [0.15, 0.2) is 36.5 Å². The first-order valence-corrected chi connectivity index (χ1v) is 24.1. The molecule has 3 aliphatic heterocycles. The van der Waals surface area contributed by atoms with E-state index in [9.17, 15) is 0 Å². The van der Waals surface area contributed by atoms with Crippen LogP contribution >= 0.6 is 15.8 Å². The monoisotopic (exact) mass is 645 g/mol. The molecular weight excluding hydrogens is 566 g/mol. The van der Waals surface area contributed by atoms with Crippen molar-refractivity contribution in [3.63, 3.8) is 0 Å². The molecule has 0 saturated heterocycles. The van der Waals surface area contributed by atoms with Crippen LogP contribution in [-0.2, 0) is 0 Å². The smallest absolute Gasteiger partial charge is 0.0326 e. The molecule has 0 spiro atoms. The van der Waals surface area contributed by atoms with E-state index in [2.05, 4.69) is 36.5 Å². The van der Waals surface area contributed by atoms with Gasteiger partial charge in [0, 0.05) is 0 Å². The minimum absolute atomic E-state index is 0.290. The minimum atomic E-state index is 0.290. The van der Waals surface area contributed by atoms with E-state index in [1.165, 1.54) is 193 Å². The molecule has 0 fully saturated rings. The van der Waals surface area contributed by atoms with Crippen LogP contribution in [0, 0.1) is 0 Å². The Kier molecular flexibility index (Phi) is 30.2. The summed E-state index contributed by atoms with van der Waals surface area (Å²) in [4.78, 5) is 0. The van der Waals surface area contributed by atoms with E-state index in [1.807, 2.05) is 0 Å². The summed E-state index contributed by atoms with van der Waals surface area (Å²) >= 11 is 0. The van der Waals surface area contributed by atoms with Gasteiger partial charge < -0.3 is 0 Å². The van der Waals surface area contributed by atoms with Gasteiger partial charge in [0.2, 0.25) is 0 Å². The van der Waals surface area contributed by atoms with Gasteiger partial charge in [0.25, 0.3) is 0 Å². The van der Waals surface area contributed by atoms with Gasteiger partial charge in [-0.2, -0.15) is 0 Å². The van der Waals surface area contributed by atoms with E-state index in [0.717, 1.165) is 0 Å². The van der Waals surface area contributed by atoms with Crippen LogP contribution in [0.5, 0.6) is 0 Å². The molecule has 0 radical (unpaired) electrons. The lowest BCUT2D eigenvalue weighted by molar-refractivity contribution is 0.654. The predicted molar refractivity (Wildman–Crippen MR) is 209 cm³/mol. The molecule has 0 aromatic rings. The fourth-order valence-electron chi connectivity index (χ4n) is 7.08. The minimum Gasteiger partial charge on any atom is -0.107 e. The highest BCUT2D eigenvalue weighted by Crippen LogP contribution is 2.40. The Morgan fingerprint density at radius 3 is 0.523 bits per heavy atom. The number of fused-ring (bicyclic) bond motifs is 36. The molecule has 0 N–H and O–H groups in total. The third-order valence-electron chi connectivity index (χ3n) is 10.1. The molecule has 0 aromatic carbocycles. The second kappa shape index (κ2) is 33.0. The fraction of sp³-hybridized carbons (Fsp3) is 0.857. The van der Waals surface area contributed by atoms with E-state index >= 15 is 0 Å². The Morgan fingerprint density at radius 2 is 0.341 bits per heavy atom. The van der Waals surface area contributed by atoms with Crippen molar-refractivity contribution in [2.75, 3.05) is 37.0 Å². The molecule has 3 heterocycles. The van der Waals surface area contributed by atoms with Gasteiger partial charge in [-0.15, -0.1) is 15.8 Å². The highest BCUT2D eigenvalue weighted by Gasteiger charge is 2.09. The normalized spacial score (nSPS) is 28.9. The second-order valence-electron chi connectivity index (χ2n) is 14.3. The molecule has 3 aliphatic rings. The number of hydrogen-bond acceptors (Lipinski definition) is 0. The lowest BCUT2D eigenvalue weighted by Crippen LogP contribution is -1.97. The van der Waals surface area contributed by atoms with Crippen LogP contribution in [0.1, 0.15) is 193 Å². The molecule has 2 bridgehead atoms. The molecule has 2 heteroatoms. The van der Waals surface area contributed by atoms with Gasteiger partial charge in [-0.3, -0.25) is 0 Å². The van der Waals surface area contributed by atoms with Gasteiger partial charge in [-0.25, -0.2) is 0 Å². The summed E-state index contributed by atoms with van der Waals surface area (Å²) in [5.74, 6) is 0. The fourth-order valence-corrected chi connectivity index (χ4v) is 12.5. The topological polar surface area (TPSA) is 0 Å². The third kappa shape index (κ3) is 27.2. The van der Waals surface area contributed by atoms with Crippen molar-refractivity contribution >= 4 is 15.8 Å². The number of allylic oxidation sites excluding steroid dienone is 6. The summed E-state index contributed by atoms with van der Waals surface area (Å²) in [5.41, 5.74) is 0. The molecule has 0 saturated carbocycles. The van der Waals surface area contributed by atoms with Gasteiger partial charge in [-0.1, -0.05) is 114 Å². The van der Waals surface area contributed by atoms with Gasteiger partial charge in [0.15, 0.2) is 0 Å². The van der Waals surface area contributed by atoms with E-state index in [4.69, 9.17) is 0 Å². The molecule has 0 unspecified atom stereocenters. The highest BCUT2D eigenvalue weighted by atomic mass is 31.1. The van der Waals surface area contributed by atoms with Crippen LogP contribution < -0.4 is 0 Å². The average molecular weight is 645 g/mol. The van der Waals surface area contributed by atoms with Crippen molar-refractivity contribution in [3.05, 3.63) is 36.5 Å². The molecule has 0 amide bonds. The second-order valence-corrected chi connectivity index (χ2v) is 19.7. The number of hydrogen-bond donors (Lipinski definition) is 0.